The van der Waals surface area contributed by atoms with Crippen LogP contribution < -0.4 is 16.0 Å². The number of carbonyl (C=O) groups excluding carboxylic acids is 1. The second-order valence-corrected chi connectivity index (χ2v) is 9.11. The average Bonchev–Trinajstić information content (AvgIpc) is 3.19. The molecule has 1 fully saturated rings. The Morgan fingerprint density at radius 3 is 2.42 bits per heavy atom. The molecule has 1 heterocycles. The Morgan fingerprint density at radius 2 is 1.76 bits per heavy atom. The Kier molecular flexibility index (Phi) is 9.60. The summed E-state index contributed by atoms with van der Waals surface area (Å²) in [6.45, 7) is 10.3. The molecule has 0 aliphatic carbocycles. The molecule has 6 heteroatoms. The van der Waals surface area contributed by atoms with E-state index in [-0.39, 0.29) is 11.9 Å². The molecule has 2 unspecified atom stereocenters. The fourth-order valence-electron chi connectivity index (χ4n) is 4.06. The number of benzene rings is 2. The van der Waals surface area contributed by atoms with Crippen LogP contribution in [0, 0.1) is 11.8 Å². The van der Waals surface area contributed by atoms with Gasteiger partial charge in [-0.05, 0) is 37.0 Å². The lowest BCUT2D eigenvalue weighted by Crippen LogP contribution is -2.41. The number of hydrogen-bond donors (Lipinski definition) is 3. The maximum atomic E-state index is 12.5. The first kappa shape index (κ1) is 24.6. The van der Waals surface area contributed by atoms with Crippen LogP contribution in [0.25, 0.3) is 0 Å². The van der Waals surface area contributed by atoms with Crippen molar-refractivity contribution in [2.75, 3.05) is 38.0 Å². The van der Waals surface area contributed by atoms with Crippen LogP contribution >= 0.6 is 0 Å². The van der Waals surface area contributed by atoms with Crippen LogP contribution in [-0.2, 0) is 11.2 Å². The van der Waals surface area contributed by atoms with E-state index in [0.717, 1.165) is 44.2 Å². The summed E-state index contributed by atoms with van der Waals surface area (Å²) in [4.78, 5) is 19.3. The molecule has 3 N–H and O–H groups in total. The third-order valence-electron chi connectivity index (χ3n) is 6.09. The van der Waals surface area contributed by atoms with Crippen molar-refractivity contribution in [3.05, 3.63) is 66.2 Å². The highest BCUT2D eigenvalue weighted by Gasteiger charge is 2.29. The lowest BCUT2D eigenvalue weighted by Gasteiger charge is -2.23. The van der Waals surface area contributed by atoms with Crippen molar-refractivity contribution in [3.8, 4) is 0 Å². The molecule has 6 nitrogen and oxygen atoms in total. The molecule has 1 saturated heterocycles. The van der Waals surface area contributed by atoms with Gasteiger partial charge in [-0.15, -0.1) is 0 Å². The van der Waals surface area contributed by atoms with E-state index in [1.807, 2.05) is 29.2 Å². The topological polar surface area (TPSA) is 68.8 Å². The van der Waals surface area contributed by atoms with Crippen LogP contribution in [0.15, 0.2) is 65.7 Å². The van der Waals surface area contributed by atoms with Crippen LogP contribution in [0.1, 0.15) is 32.8 Å². The molecular weight excluding hydrogens is 410 g/mol. The zero-order valence-electron chi connectivity index (χ0n) is 20.3. The van der Waals surface area contributed by atoms with E-state index in [2.05, 4.69) is 73.1 Å². The van der Waals surface area contributed by atoms with Gasteiger partial charge in [-0.1, -0.05) is 62.4 Å². The van der Waals surface area contributed by atoms with E-state index in [0.29, 0.717) is 24.8 Å². The van der Waals surface area contributed by atoms with Gasteiger partial charge < -0.3 is 20.9 Å². The molecule has 33 heavy (non-hydrogen) atoms. The number of nitrogens with one attached hydrogen (secondary N) is 3. The Morgan fingerprint density at radius 1 is 1.06 bits per heavy atom. The lowest BCUT2D eigenvalue weighted by atomic mass is 10.0. The molecule has 1 aliphatic rings. The molecule has 3 rings (SSSR count). The van der Waals surface area contributed by atoms with Crippen molar-refractivity contribution in [3.63, 3.8) is 0 Å². The number of carbonyl (C=O) groups is 1. The molecule has 0 aromatic heterocycles. The van der Waals surface area contributed by atoms with Crippen LogP contribution in [0.2, 0.25) is 0 Å². The fraction of sp³-hybridized carbons (Fsp3) is 0.481. The summed E-state index contributed by atoms with van der Waals surface area (Å²) in [5.74, 6) is 1.82. The minimum atomic E-state index is 0.240. The van der Waals surface area contributed by atoms with Gasteiger partial charge in [0.25, 0.3) is 0 Å². The molecule has 2 atom stereocenters. The molecule has 178 valence electrons. The first-order valence-corrected chi connectivity index (χ1v) is 12.2. The standard InChI is InChI=1S/C27H39N5O/c1-4-28-27(30-19-25(21(2)3)31-24-13-9-6-10-14-24)29-18-23-17-26(33)32(20-23)16-15-22-11-7-5-8-12-22/h5-14,21,23,25,31H,4,15-20H2,1-3H3,(H2,28,29,30). The van der Waals surface area contributed by atoms with Gasteiger partial charge in [0.2, 0.25) is 5.91 Å². The Bertz CT molecular complexity index is 869. The van der Waals surface area contributed by atoms with Gasteiger partial charge in [0, 0.05) is 50.2 Å². The van der Waals surface area contributed by atoms with E-state index in [1.165, 1.54) is 5.56 Å². The fourth-order valence-corrected chi connectivity index (χ4v) is 4.06. The average molecular weight is 450 g/mol. The highest BCUT2D eigenvalue weighted by molar-refractivity contribution is 5.81. The predicted octanol–water partition coefficient (Wildman–Crippen LogP) is 3.77. The Labute approximate surface area is 198 Å². The highest BCUT2D eigenvalue weighted by atomic mass is 16.2. The summed E-state index contributed by atoms with van der Waals surface area (Å²) in [6.07, 6.45) is 1.51. The zero-order chi connectivity index (χ0) is 23.5. The van der Waals surface area contributed by atoms with Gasteiger partial charge in [0.05, 0.1) is 6.54 Å². The minimum absolute atomic E-state index is 0.240. The van der Waals surface area contributed by atoms with E-state index >= 15 is 0 Å². The van der Waals surface area contributed by atoms with Gasteiger partial charge in [0.1, 0.15) is 0 Å². The SMILES string of the molecule is CCNC(=NCC(Nc1ccccc1)C(C)C)NCC1CC(=O)N(CCc2ccccc2)C1. The largest absolute Gasteiger partial charge is 0.380 e. The van der Waals surface area contributed by atoms with Crippen molar-refractivity contribution in [2.45, 2.75) is 39.7 Å². The Hall–Kier alpha value is -3.02. The predicted molar refractivity (Wildman–Crippen MR) is 138 cm³/mol. The van der Waals surface area contributed by atoms with Gasteiger partial charge in [0.15, 0.2) is 5.96 Å². The number of para-hydroxylation sites is 1. The quantitative estimate of drug-likeness (QED) is 0.361. The first-order chi connectivity index (χ1) is 16.0. The van der Waals surface area contributed by atoms with Gasteiger partial charge in [-0.3, -0.25) is 9.79 Å². The second kappa shape index (κ2) is 12.9. The number of aliphatic imine (C=N–C) groups is 1. The zero-order valence-corrected chi connectivity index (χ0v) is 20.3. The lowest BCUT2D eigenvalue weighted by molar-refractivity contribution is -0.127. The Balaban J connectivity index is 1.49. The first-order valence-electron chi connectivity index (χ1n) is 12.2. The summed E-state index contributed by atoms with van der Waals surface area (Å²) in [7, 11) is 0. The maximum Gasteiger partial charge on any atom is 0.223 e. The highest BCUT2D eigenvalue weighted by Crippen LogP contribution is 2.18. The minimum Gasteiger partial charge on any atom is -0.380 e. The smallest absolute Gasteiger partial charge is 0.223 e. The van der Waals surface area contributed by atoms with E-state index in [1.54, 1.807) is 0 Å². The number of anilines is 1. The summed E-state index contributed by atoms with van der Waals surface area (Å²) >= 11 is 0. The van der Waals surface area contributed by atoms with Crippen molar-refractivity contribution < 1.29 is 4.79 Å². The van der Waals surface area contributed by atoms with Crippen molar-refractivity contribution in [2.24, 2.45) is 16.8 Å². The second-order valence-electron chi connectivity index (χ2n) is 9.11. The number of likely N-dealkylation sites (tertiary alicyclic amines) is 1. The molecule has 0 radical (unpaired) electrons. The summed E-state index contributed by atoms with van der Waals surface area (Å²) < 4.78 is 0. The molecule has 0 bridgehead atoms. The number of amides is 1. The van der Waals surface area contributed by atoms with Crippen LogP contribution in [0.4, 0.5) is 5.69 Å². The molecular formula is C27H39N5O. The molecule has 2 aromatic rings. The van der Waals surface area contributed by atoms with Gasteiger partial charge in [-0.2, -0.15) is 0 Å². The summed E-state index contributed by atoms with van der Waals surface area (Å²) in [6, 6.07) is 20.9. The van der Waals surface area contributed by atoms with E-state index in [4.69, 9.17) is 4.99 Å². The monoisotopic (exact) mass is 449 g/mol. The van der Waals surface area contributed by atoms with Gasteiger partial charge >= 0.3 is 0 Å². The van der Waals surface area contributed by atoms with Gasteiger partial charge in [-0.25, -0.2) is 0 Å². The van der Waals surface area contributed by atoms with Crippen LogP contribution in [0.5, 0.6) is 0 Å². The third kappa shape index (κ3) is 8.12. The van der Waals surface area contributed by atoms with E-state index in [9.17, 15) is 4.79 Å². The van der Waals surface area contributed by atoms with Crippen molar-refractivity contribution in [1.29, 1.82) is 0 Å². The van der Waals surface area contributed by atoms with Crippen LogP contribution in [-0.4, -0.2) is 55.5 Å². The van der Waals surface area contributed by atoms with Crippen molar-refractivity contribution >= 4 is 17.6 Å². The number of rotatable bonds is 11. The molecule has 1 amide bonds. The van der Waals surface area contributed by atoms with Crippen molar-refractivity contribution in [1.82, 2.24) is 15.5 Å². The summed E-state index contributed by atoms with van der Waals surface area (Å²) in [5, 5.41) is 10.4. The molecule has 0 spiro atoms. The molecule has 2 aromatic carbocycles. The van der Waals surface area contributed by atoms with Crippen LogP contribution in [0.3, 0.4) is 0 Å². The maximum absolute atomic E-state index is 12.5. The van der Waals surface area contributed by atoms with E-state index < -0.39 is 0 Å². The number of hydrogen-bond acceptors (Lipinski definition) is 3. The molecule has 1 aliphatic heterocycles. The third-order valence-corrected chi connectivity index (χ3v) is 6.09. The summed E-state index contributed by atoms with van der Waals surface area (Å²) in [5.41, 5.74) is 2.39. The number of nitrogens with zero attached hydrogens (tertiary/aromatic N) is 2. The molecule has 0 saturated carbocycles. The normalized spacial score (nSPS) is 17.3. The number of guanidine groups is 1.